The summed E-state index contributed by atoms with van der Waals surface area (Å²) in [6.45, 7) is 7.31. The first-order valence-corrected chi connectivity index (χ1v) is 6.73. The Hall–Kier alpha value is -0.400. The first kappa shape index (κ1) is 15.7. The molecule has 0 bridgehead atoms. The molecule has 2 N–H and O–H groups in total. The number of nitrogens with zero attached hydrogens (tertiary/aromatic N) is 3. The van der Waals surface area contributed by atoms with Gasteiger partial charge in [-0.2, -0.15) is 0 Å². The molecule has 0 aliphatic carbocycles. The van der Waals surface area contributed by atoms with Gasteiger partial charge in [0.1, 0.15) is 0 Å². The lowest BCUT2D eigenvalue weighted by atomic mass is 10.3. The predicted molar refractivity (Wildman–Crippen MR) is 77.4 cm³/mol. The minimum atomic E-state index is 0. The highest BCUT2D eigenvalue weighted by molar-refractivity contribution is 7.15. The van der Waals surface area contributed by atoms with Crippen molar-refractivity contribution < 1.29 is 4.74 Å². The Labute approximate surface area is 118 Å². The molecule has 0 spiro atoms. The van der Waals surface area contributed by atoms with E-state index in [-0.39, 0.29) is 12.4 Å². The normalized spacial score (nSPS) is 17.6. The van der Waals surface area contributed by atoms with E-state index in [0.717, 1.165) is 45.9 Å². The van der Waals surface area contributed by atoms with Gasteiger partial charge in [0.05, 0.1) is 6.61 Å². The Kier molecular flexibility index (Phi) is 6.88. The third-order valence-corrected chi connectivity index (χ3v) is 3.84. The van der Waals surface area contributed by atoms with E-state index in [1.807, 2.05) is 6.20 Å². The number of methoxy groups -OCH3 is 1. The van der Waals surface area contributed by atoms with E-state index in [4.69, 9.17) is 10.5 Å². The molecule has 0 saturated carbocycles. The third kappa shape index (κ3) is 4.70. The maximum atomic E-state index is 5.63. The van der Waals surface area contributed by atoms with E-state index >= 15 is 0 Å². The molecule has 1 aliphatic rings. The van der Waals surface area contributed by atoms with Gasteiger partial charge in [0.15, 0.2) is 5.13 Å². The molecule has 1 aromatic rings. The van der Waals surface area contributed by atoms with Crippen LogP contribution >= 0.6 is 23.7 Å². The Morgan fingerprint density at radius 2 is 2.00 bits per heavy atom. The number of nitrogens with two attached hydrogens (primary N) is 1. The molecule has 0 unspecified atom stereocenters. The topological polar surface area (TPSA) is 54.6 Å². The summed E-state index contributed by atoms with van der Waals surface area (Å²) < 4.78 is 5.09. The zero-order chi connectivity index (χ0) is 12.1. The highest BCUT2D eigenvalue weighted by Gasteiger charge is 2.17. The average Bonchev–Trinajstić information content (AvgIpc) is 2.74. The lowest BCUT2D eigenvalue weighted by molar-refractivity contribution is 0.0942. The van der Waals surface area contributed by atoms with Crippen LogP contribution in [0.15, 0.2) is 6.20 Å². The third-order valence-electron chi connectivity index (χ3n) is 3.03. The van der Waals surface area contributed by atoms with Gasteiger partial charge < -0.3 is 10.5 Å². The van der Waals surface area contributed by atoms with E-state index in [0.29, 0.717) is 5.13 Å². The summed E-state index contributed by atoms with van der Waals surface area (Å²) in [5, 5.41) is 0.665. The molecule has 18 heavy (non-hydrogen) atoms. The average molecular weight is 293 g/mol. The Balaban J connectivity index is 0.00000162. The van der Waals surface area contributed by atoms with Gasteiger partial charge >= 0.3 is 0 Å². The molecule has 2 rings (SSSR count). The van der Waals surface area contributed by atoms with Crippen LogP contribution in [-0.4, -0.2) is 61.2 Å². The van der Waals surface area contributed by atoms with Crippen molar-refractivity contribution >= 4 is 28.9 Å². The minimum absolute atomic E-state index is 0. The lowest BCUT2D eigenvalue weighted by Crippen LogP contribution is -2.46. The van der Waals surface area contributed by atoms with Crippen LogP contribution < -0.4 is 5.73 Å². The molecular weight excluding hydrogens is 272 g/mol. The van der Waals surface area contributed by atoms with Crippen molar-refractivity contribution in [1.29, 1.82) is 0 Å². The van der Waals surface area contributed by atoms with Gasteiger partial charge in [-0.15, -0.1) is 23.7 Å². The van der Waals surface area contributed by atoms with Crippen molar-refractivity contribution in [3.05, 3.63) is 11.1 Å². The summed E-state index contributed by atoms with van der Waals surface area (Å²) in [6, 6.07) is 0. The van der Waals surface area contributed by atoms with Crippen molar-refractivity contribution in [2.24, 2.45) is 0 Å². The molecule has 0 atom stereocenters. The number of anilines is 1. The summed E-state index contributed by atoms with van der Waals surface area (Å²) in [7, 11) is 1.75. The molecule has 1 fully saturated rings. The second-order valence-corrected chi connectivity index (χ2v) is 5.42. The largest absolute Gasteiger partial charge is 0.383 e. The zero-order valence-electron chi connectivity index (χ0n) is 10.7. The van der Waals surface area contributed by atoms with Gasteiger partial charge in [-0.3, -0.25) is 9.80 Å². The van der Waals surface area contributed by atoms with Gasteiger partial charge in [-0.05, 0) is 0 Å². The summed E-state index contributed by atoms with van der Waals surface area (Å²) in [5.74, 6) is 0. The molecular formula is C11H21ClN4OS. The van der Waals surface area contributed by atoms with Crippen molar-refractivity contribution in [3.63, 3.8) is 0 Å². The van der Waals surface area contributed by atoms with Crippen LogP contribution in [0.25, 0.3) is 0 Å². The molecule has 1 aromatic heterocycles. The Bertz CT molecular complexity index is 342. The number of piperazine rings is 1. The van der Waals surface area contributed by atoms with Crippen LogP contribution in [-0.2, 0) is 11.3 Å². The van der Waals surface area contributed by atoms with E-state index in [2.05, 4.69) is 14.8 Å². The monoisotopic (exact) mass is 292 g/mol. The molecule has 2 heterocycles. The van der Waals surface area contributed by atoms with Crippen LogP contribution in [0, 0.1) is 0 Å². The van der Waals surface area contributed by atoms with Gasteiger partial charge in [0.25, 0.3) is 0 Å². The van der Waals surface area contributed by atoms with Crippen LogP contribution in [0.3, 0.4) is 0 Å². The Morgan fingerprint density at radius 3 is 2.56 bits per heavy atom. The molecule has 0 radical (unpaired) electrons. The van der Waals surface area contributed by atoms with Crippen LogP contribution in [0.5, 0.6) is 0 Å². The Morgan fingerprint density at radius 1 is 1.33 bits per heavy atom. The van der Waals surface area contributed by atoms with Gasteiger partial charge in [-0.1, -0.05) is 0 Å². The molecule has 1 aliphatic heterocycles. The number of nitrogen functional groups attached to an aromatic ring is 1. The zero-order valence-corrected chi connectivity index (χ0v) is 12.3. The highest BCUT2D eigenvalue weighted by atomic mass is 35.5. The minimum Gasteiger partial charge on any atom is -0.383 e. The lowest BCUT2D eigenvalue weighted by Gasteiger charge is -2.34. The first-order valence-electron chi connectivity index (χ1n) is 5.92. The fraction of sp³-hybridized carbons (Fsp3) is 0.727. The number of rotatable bonds is 5. The predicted octanol–water partition coefficient (Wildman–Crippen LogP) is 0.911. The maximum absolute atomic E-state index is 5.63. The number of ether oxygens (including phenoxy) is 1. The number of hydrogen-bond donors (Lipinski definition) is 1. The van der Waals surface area contributed by atoms with Crippen LogP contribution in [0.4, 0.5) is 5.13 Å². The number of aromatic nitrogens is 1. The summed E-state index contributed by atoms with van der Waals surface area (Å²) in [6.07, 6.45) is 1.89. The van der Waals surface area contributed by atoms with Gasteiger partial charge in [-0.25, -0.2) is 4.98 Å². The molecule has 5 nitrogen and oxygen atoms in total. The number of halogens is 1. The molecule has 1 saturated heterocycles. The van der Waals surface area contributed by atoms with Crippen LogP contribution in [0.2, 0.25) is 0 Å². The van der Waals surface area contributed by atoms with E-state index in [1.165, 1.54) is 4.88 Å². The van der Waals surface area contributed by atoms with Crippen molar-refractivity contribution in [2.75, 3.05) is 52.2 Å². The van der Waals surface area contributed by atoms with E-state index < -0.39 is 0 Å². The summed E-state index contributed by atoms with van der Waals surface area (Å²) in [5.41, 5.74) is 5.63. The quantitative estimate of drug-likeness (QED) is 0.874. The first-order chi connectivity index (χ1) is 8.28. The number of thiazole rings is 1. The van der Waals surface area contributed by atoms with Crippen LogP contribution in [0.1, 0.15) is 4.88 Å². The summed E-state index contributed by atoms with van der Waals surface area (Å²) in [4.78, 5) is 10.2. The number of hydrogen-bond acceptors (Lipinski definition) is 6. The standard InChI is InChI=1S/C11H20N4OS.ClH/c1-16-7-6-14-2-4-15(5-3-14)9-10-8-13-11(12)17-10;/h8H,2-7,9H2,1H3,(H2,12,13);1H. The molecule has 104 valence electrons. The molecule has 0 amide bonds. The molecule has 0 aromatic carbocycles. The fourth-order valence-corrected chi connectivity index (χ4v) is 2.73. The maximum Gasteiger partial charge on any atom is 0.180 e. The fourth-order valence-electron chi connectivity index (χ4n) is 2.01. The van der Waals surface area contributed by atoms with Gasteiger partial charge in [0, 0.05) is 57.5 Å². The van der Waals surface area contributed by atoms with E-state index in [9.17, 15) is 0 Å². The highest BCUT2D eigenvalue weighted by Crippen LogP contribution is 2.17. The van der Waals surface area contributed by atoms with Crippen molar-refractivity contribution in [2.45, 2.75) is 6.54 Å². The molecule has 7 heteroatoms. The second-order valence-electron chi connectivity index (χ2n) is 4.28. The van der Waals surface area contributed by atoms with E-state index in [1.54, 1.807) is 18.4 Å². The van der Waals surface area contributed by atoms with Crippen molar-refractivity contribution in [3.8, 4) is 0 Å². The van der Waals surface area contributed by atoms with Gasteiger partial charge in [0.2, 0.25) is 0 Å². The SMILES string of the molecule is COCCN1CCN(Cc2cnc(N)s2)CC1.Cl. The smallest absolute Gasteiger partial charge is 0.180 e. The summed E-state index contributed by atoms with van der Waals surface area (Å²) >= 11 is 1.59. The second kappa shape index (κ2) is 7.91. The van der Waals surface area contributed by atoms with Crippen molar-refractivity contribution in [1.82, 2.24) is 14.8 Å².